The third-order valence-electron chi connectivity index (χ3n) is 5.09. The molecule has 2 aromatic carbocycles. The molecule has 1 aromatic heterocycles. The average molecular weight is 520 g/mol. The largest absolute Gasteiger partial charge is 0.318 e. The van der Waals surface area contributed by atoms with Crippen LogP contribution in [-0.2, 0) is 11.3 Å². The van der Waals surface area contributed by atoms with Crippen LogP contribution in [0.1, 0.15) is 22.5 Å². The highest BCUT2D eigenvalue weighted by Gasteiger charge is 2.36. The number of carbonyl (C=O) groups is 2. The Labute approximate surface area is 196 Å². The highest BCUT2D eigenvalue weighted by Crippen LogP contribution is 2.35. The van der Waals surface area contributed by atoms with Crippen molar-refractivity contribution < 1.29 is 14.0 Å². The van der Waals surface area contributed by atoms with Crippen molar-refractivity contribution >= 4 is 56.5 Å². The molecular weight excluding hydrogens is 503 g/mol. The number of imide groups is 1. The molecule has 0 atom stereocenters. The van der Waals surface area contributed by atoms with Gasteiger partial charge in [-0.2, -0.15) is 0 Å². The van der Waals surface area contributed by atoms with E-state index >= 15 is 0 Å². The lowest BCUT2D eigenvalue weighted by molar-refractivity contribution is -0.123. The Hall–Kier alpha value is -2.35. The van der Waals surface area contributed by atoms with E-state index in [1.54, 1.807) is 6.08 Å². The van der Waals surface area contributed by atoms with Crippen molar-refractivity contribution in [2.24, 2.45) is 0 Å². The molecule has 1 aliphatic heterocycles. The van der Waals surface area contributed by atoms with E-state index in [4.69, 9.17) is 11.6 Å². The number of rotatable bonds is 4. The summed E-state index contributed by atoms with van der Waals surface area (Å²) in [7, 11) is 0. The Morgan fingerprint density at radius 1 is 1.13 bits per heavy atom. The molecule has 2 amide bonds. The highest BCUT2D eigenvalue weighted by atomic mass is 79.9. The number of benzene rings is 2. The summed E-state index contributed by atoms with van der Waals surface area (Å²) in [5, 5.41) is -0.265. The Morgan fingerprint density at radius 3 is 2.52 bits per heavy atom. The summed E-state index contributed by atoms with van der Waals surface area (Å²) in [5.74, 6) is -1.00. The summed E-state index contributed by atoms with van der Waals surface area (Å²) in [4.78, 5) is 26.7. The minimum atomic E-state index is -0.548. The zero-order chi connectivity index (χ0) is 22.3. The van der Waals surface area contributed by atoms with Gasteiger partial charge in [0.05, 0.1) is 11.4 Å². The van der Waals surface area contributed by atoms with Gasteiger partial charge in [-0.25, -0.2) is 4.39 Å². The van der Waals surface area contributed by atoms with Gasteiger partial charge in [-0.3, -0.25) is 14.5 Å². The number of aromatic nitrogens is 1. The van der Waals surface area contributed by atoms with Crippen LogP contribution in [0.2, 0.25) is 5.02 Å². The van der Waals surface area contributed by atoms with Gasteiger partial charge >= 0.3 is 0 Å². The van der Waals surface area contributed by atoms with E-state index < -0.39 is 17.0 Å². The normalized spacial score (nSPS) is 15.4. The molecule has 0 unspecified atom stereocenters. The van der Waals surface area contributed by atoms with Crippen LogP contribution in [0.4, 0.5) is 9.18 Å². The predicted octanol–water partition coefficient (Wildman–Crippen LogP) is 6.89. The van der Waals surface area contributed by atoms with Crippen LogP contribution in [0.25, 0.3) is 11.8 Å². The van der Waals surface area contributed by atoms with E-state index in [9.17, 15) is 14.0 Å². The van der Waals surface area contributed by atoms with E-state index in [1.165, 1.54) is 18.2 Å². The summed E-state index contributed by atoms with van der Waals surface area (Å²) >= 11 is 10.4. The minimum absolute atomic E-state index is 0.126. The van der Waals surface area contributed by atoms with Gasteiger partial charge in [0.25, 0.3) is 11.1 Å². The SMILES string of the molecule is Cc1cc(/C=C2\SC(=O)N(Cc3c(F)cccc3Cl)C2=O)c(C)n1-c1ccc(Br)cc1. The van der Waals surface area contributed by atoms with Gasteiger partial charge in [0.2, 0.25) is 0 Å². The van der Waals surface area contributed by atoms with Gasteiger partial charge in [-0.05, 0) is 79.7 Å². The lowest BCUT2D eigenvalue weighted by Gasteiger charge is -2.14. The molecule has 0 radical (unpaired) electrons. The van der Waals surface area contributed by atoms with Gasteiger partial charge in [-0.15, -0.1) is 0 Å². The Bertz CT molecular complexity index is 1220. The number of aryl methyl sites for hydroxylation is 1. The first kappa shape index (κ1) is 21.9. The maximum atomic E-state index is 14.1. The molecule has 0 aliphatic carbocycles. The second-order valence-corrected chi connectivity index (χ2v) is 9.42. The van der Waals surface area contributed by atoms with E-state index in [2.05, 4.69) is 20.5 Å². The van der Waals surface area contributed by atoms with E-state index in [0.717, 1.165) is 43.8 Å². The fourth-order valence-electron chi connectivity index (χ4n) is 3.54. The van der Waals surface area contributed by atoms with Crippen LogP contribution in [0, 0.1) is 19.7 Å². The summed E-state index contributed by atoms with van der Waals surface area (Å²) < 4.78 is 17.2. The molecule has 4 rings (SSSR count). The molecule has 8 heteroatoms. The lowest BCUT2D eigenvalue weighted by atomic mass is 10.2. The first-order valence-electron chi connectivity index (χ1n) is 9.39. The van der Waals surface area contributed by atoms with Gasteiger partial charge in [-0.1, -0.05) is 33.6 Å². The number of amides is 2. The first-order valence-corrected chi connectivity index (χ1v) is 11.4. The third-order valence-corrected chi connectivity index (χ3v) is 6.88. The van der Waals surface area contributed by atoms with Crippen molar-refractivity contribution in [2.45, 2.75) is 20.4 Å². The highest BCUT2D eigenvalue weighted by molar-refractivity contribution is 9.10. The number of hydrogen-bond donors (Lipinski definition) is 0. The van der Waals surface area contributed by atoms with Crippen molar-refractivity contribution in [2.75, 3.05) is 0 Å². The van der Waals surface area contributed by atoms with Crippen LogP contribution in [0.15, 0.2) is 57.9 Å². The van der Waals surface area contributed by atoms with Crippen LogP contribution < -0.4 is 0 Å². The maximum absolute atomic E-state index is 14.1. The van der Waals surface area contributed by atoms with Gasteiger partial charge in [0.15, 0.2) is 0 Å². The maximum Gasteiger partial charge on any atom is 0.293 e. The average Bonchev–Trinajstić information content (AvgIpc) is 3.15. The quantitative estimate of drug-likeness (QED) is 0.353. The van der Waals surface area contributed by atoms with Gasteiger partial charge in [0.1, 0.15) is 5.82 Å². The molecule has 0 saturated carbocycles. The van der Waals surface area contributed by atoms with Crippen LogP contribution in [0.5, 0.6) is 0 Å². The zero-order valence-electron chi connectivity index (χ0n) is 16.7. The van der Waals surface area contributed by atoms with Crippen LogP contribution in [0.3, 0.4) is 0 Å². The lowest BCUT2D eigenvalue weighted by Crippen LogP contribution is -2.28. The van der Waals surface area contributed by atoms with Crippen LogP contribution in [-0.4, -0.2) is 20.6 Å². The second kappa shape index (κ2) is 8.65. The van der Waals surface area contributed by atoms with Crippen molar-refractivity contribution in [3.05, 3.63) is 91.3 Å². The summed E-state index contributed by atoms with van der Waals surface area (Å²) in [6, 6.07) is 14.2. The van der Waals surface area contributed by atoms with Crippen molar-refractivity contribution in [3.63, 3.8) is 0 Å². The number of carbonyl (C=O) groups excluding carboxylic acids is 2. The fraction of sp³-hybridized carbons (Fsp3) is 0.130. The molecule has 2 heterocycles. The molecule has 1 saturated heterocycles. The standard InChI is InChI=1S/C23H17BrClFN2O2S/c1-13-10-15(14(2)28(13)17-8-6-16(24)7-9-17)11-21-22(29)27(23(30)31-21)12-18-19(25)4-3-5-20(18)26/h3-11H,12H2,1-2H3/b21-11-. The third kappa shape index (κ3) is 4.22. The molecule has 0 spiro atoms. The summed E-state index contributed by atoms with van der Waals surface area (Å²) in [5.41, 5.74) is 3.92. The fourth-order valence-corrected chi connectivity index (χ4v) is 4.86. The van der Waals surface area contributed by atoms with Crippen molar-refractivity contribution in [1.82, 2.24) is 9.47 Å². The number of thioether (sulfide) groups is 1. The molecule has 0 bridgehead atoms. The van der Waals surface area contributed by atoms with Crippen molar-refractivity contribution in [3.8, 4) is 5.69 Å². The van der Waals surface area contributed by atoms with E-state index in [-0.39, 0.29) is 17.1 Å². The molecule has 1 fully saturated rings. The molecule has 4 nitrogen and oxygen atoms in total. The summed E-state index contributed by atoms with van der Waals surface area (Å²) in [6.45, 7) is 3.74. The van der Waals surface area contributed by atoms with Crippen molar-refractivity contribution in [1.29, 1.82) is 0 Å². The predicted molar refractivity (Wildman–Crippen MR) is 126 cm³/mol. The molecule has 158 valence electrons. The first-order chi connectivity index (χ1) is 14.8. The molecule has 3 aromatic rings. The molecule has 1 aliphatic rings. The number of halogens is 3. The Morgan fingerprint density at radius 2 is 1.84 bits per heavy atom. The van der Waals surface area contributed by atoms with E-state index in [1.807, 2.05) is 44.2 Å². The van der Waals surface area contributed by atoms with Crippen LogP contribution >= 0.6 is 39.3 Å². The Balaban J connectivity index is 1.64. The topological polar surface area (TPSA) is 42.3 Å². The number of nitrogens with zero attached hydrogens (tertiary/aromatic N) is 2. The van der Waals surface area contributed by atoms with Gasteiger partial charge in [0, 0.05) is 32.1 Å². The van der Waals surface area contributed by atoms with Gasteiger partial charge < -0.3 is 4.57 Å². The number of hydrogen-bond acceptors (Lipinski definition) is 3. The monoisotopic (exact) mass is 518 g/mol. The second-order valence-electron chi connectivity index (χ2n) is 7.11. The molecule has 31 heavy (non-hydrogen) atoms. The smallest absolute Gasteiger partial charge is 0.293 e. The van der Waals surface area contributed by atoms with E-state index in [0.29, 0.717) is 4.91 Å². The zero-order valence-corrected chi connectivity index (χ0v) is 19.8. The molecule has 0 N–H and O–H groups in total. The molecular formula is C23H17BrClFN2O2S. The summed E-state index contributed by atoms with van der Waals surface area (Å²) in [6.07, 6.45) is 1.71. The minimum Gasteiger partial charge on any atom is -0.318 e. The Kier molecular flexibility index (Phi) is 6.10.